The molecule has 0 aromatic heterocycles. The van der Waals surface area contributed by atoms with Gasteiger partial charge in [0, 0.05) is 31.9 Å². The van der Waals surface area contributed by atoms with Crippen LogP contribution in [0, 0.1) is 5.92 Å². The smallest absolute Gasteiger partial charge is 0.251 e. The number of nitrogens with one attached hydrogen (secondary N) is 2. The van der Waals surface area contributed by atoms with Gasteiger partial charge in [0.05, 0.1) is 4.90 Å². The van der Waals surface area contributed by atoms with E-state index in [1.807, 2.05) is 0 Å². The third kappa shape index (κ3) is 5.54. The Morgan fingerprint density at radius 3 is 2.88 bits per heavy atom. The van der Waals surface area contributed by atoms with Crippen LogP contribution in [-0.4, -0.2) is 47.3 Å². The number of hydrogen-bond donors (Lipinski definition) is 2. The second-order valence-corrected chi connectivity index (χ2v) is 7.51. The number of alkyl halides is 1. The summed E-state index contributed by atoms with van der Waals surface area (Å²) >= 11 is 0. The molecule has 0 saturated carbocycles. The average molecular weight is 358 g/mol. The van der Waals surface area contributed by atoms with Gasteiger partial charge in [-0.3, -0.25) is 4.79 Å². The highest BCUT2D eigenvalue weighted by Gasteiger charge is 2.18. The topological polar surface area (TPSA) is 84.5 Å². The van der Waals surface area contributed by atoms with Crippen molar-refractivity contribution in [2.24, 2.45) is 5.92 Å². The third-order valence-electron chi connectivity index (χ3n) is 3.89. The van der Waals surface area contributed by atoms with Crippen molar-refractivity contribution in [2.45, 2.75) is 24.2 Å². The fourth-order valence-electron chi connectivity index (χ4n) is 2.56. The number of amides is 1. The highest BCUT2D eigenvalue weighted by atomic mass is 32.2. The molecule has 8 heteroatoms. The van der Waals surface area contributed by atoms with E-state index in [1.165, 1.54) is 24.3 Å². The predicted octanol–water partition coefficient (Wildman–Crippen LogP) is 1.48. The van der Waals surface area contributed by atoms with Crippen molar-refractivity contribution in [3.8, 4) is 0 Å². The number of ether oxygens (including phenoxy) is 1. The Kier molecular flexibility index (Phi) is 7.14. The van der Waals surface area contributed by atoms with Crippen molar-refractivity contribution in [3.05, 3.63) is 29.8 Å². The first-order chi connectivity index (χ1) is 11.5. The zero-order chi connectivity index (χ0) is 17.4. The molecule has 24 heavy (non-hydrogen) atoms. The van der Waals surface area contributed by atoms with E-state index in [0.717, 1.165) is 32.5 Å². The Labute approximate surface area is 141 Å². The van der Waals surface area contributed by atoms with E-state index in [9.17, 15) is 17.6 Å². The van der Waals surface area contributed by atoms with Gasteiger partial charge in [0.15, 0.2) is 0 Å². The summed E-state index contributed by atoms with van der Waals surface area (Å²) in [5, 5.41) is 2.37. The molecule has 1 amide bonds. The maximum absolute atomic E-state index is 12.3. The lowest BCUT2D eigenvalue weighted by atomic mass is 10.0. The summed E-state index contributed by atoms with van der Waals surface area (Å²) in [6, 6.07) is 5.71. The van der Waals surface area contributed by atoms with Crippen molar-refractivity contribution < 1.29 is 22.3 Å². The first-order valence-electron chi connectivity index (χ1n) is 8.04. The molecular weight excluding hydrogens is 335 g/mol. The number of halogens is 1. The zero-order valence-electron chi connectivity index (χ0n) is 13.5. The molecule has 134 valence electrons. The van der Waals surface area contributed by atoms with Crippen LogP contribution in [-0.2, 0) is 14.8 Å². The molecule has 1 aliphatic heterocycles. The summed E-state index contributed by atoms with van der Waals surface area (Å²) in [6.45, 7) is 1.11. The number of sulfonamides is 1. The van der Waals surface area contributed by atoms with Gasteiger partial charge in [-0.2, -0.15) is 0 Å². The van der Waals surface area contributed by atoms with Crippen LogP contribution in [0.25, 0.3) is 0 Å². The predicted molar refractivity (Wildman–Crippen MR) is 88.1 cm³/mol. The summed E-state index contributed by atoms with van der Waals surface area (Å²) in [6.07, 6.45) is 2.70. The fourth-order valence-corrected chi connectivity index (χ4v) is 3.68. The second-order valence-electron chi connectivity index (χ2n) is 5.74. The molecule has 1 fully saturated rings. The minimum absolute atomic E-state index is 0.0274. The van der Waals surface area contributed by atoms with Crippen molar-refractivity contribution >= 4 is 15.9 Å². The third-order valence-corrected chi connectivity index (χ3v) is 5.35. The zero-order valence-corrected chi connectivity index (χ0v) is 14.3. The minimum atomic E-state index is -3.67. The summed E-state index contributed by atoms with van der Waals surface area (Å²) in [7, 11) is -3.67. The molecule has 1 atom stereocenters. The molecule has 1 heterocycles. The average Bonchev–Trinajstić information content (AvgIpc) is 3.10. The van der Waals surface area contributed by atoms with Crippen LogP contribution in [0.1, 0.15) is 29.6 Å². The quantitative estimate of drug-likeness (QED) is 0.655. The van der Waals surface area contributed by atoms with Crippen molar-refractivity contribution in [3.63, 3.8) is 0 Å². The molecule has 0 aliphatic carbocycles. The van der Waals surface area contributed by atoms with Crippen molar-refractivity contribution in [2.75, 3.05) is 33.0 Å². The van der Waals surface area contributed by atoms with E-state index in [4.69, 9.17) is 4.74 Å². The Balaban J connectivity index is 1.89. The van der Waals surface area contributed by atoms with Crippen molar-refractivity contribution in [1.29, 1.82) is 0 Å². The van der Waals surface area contributed by atoms with Crippen LogP contribution in [0.2, 0.25) is 0 Å². The SMILES string of the molecule is O=C(NCCF)c1cccc(S(=O)(=O)NCCC[C@H]2CCOC2)c1. The molecule has 1 aromatic rings. The highest BCUT2D eigenvalue weighted by Crippen LogP contribution is 2.18. The largest absolute Gasteiger partial charge is 0.381 e. The lowest BCUT2D eigenvalue weighted by Crippen LogP contribution is -2.27. The summed E-state index contributed by atoms with van der Waals surface area (Å²) < 4.78 is 44.5. The van der Waals surface area contributed by atoms with E-state index in [0.29, 0.717) is 12.5 Å². The van der Waals surface area contributed by atoms with E-state index in [-0.39, 0.29) is 17.0 Å². The molecule has 1 aliphatic rings. The van der Waals surface area contributed by atoms with Gasteiger partial charge in [0.1, 0.15) is 6.67 Å². The Bertz CT molecular complexity index is 645. The number of hydrogen-bond acceptors (Lipinski definition) is 4. The van der Waals surface area contributed by atoms with Gasteiger partial charge in [0.25, 0.3) is 5.91 Å². The Hall–Kier alpha value is -1.51. The van der Waals surface area contributed by atoms with E-state index in [2.05, 4.69) is 10.0 Å². The van der Waals surface area contributed by atoms with Crippen LogP contribution >= 0.6 is 0 Å². The molecule has 0 radical (unpaired) electrons. The monoisotopic (exact) mass is 358 g/mol. The second kappa shape index (κ2) is 9.10. The number of benzene rings is 1. The van der Waals surface area contributed by atoms with Gasteiger partial charge in [-0.05, 0) is 43.4 Å². The van der Waals surface area contributed by atoms with Gasteiger partial charge in [-0.1, -0.05) is 6.07 Å². The molecule has 0 unspecified atom stereocenters. The van der Waals surface area contributed by atoms with Crippen molar-refractivity contribution in [1.82, 2.24) is 10.0 Å². The van der Waals surface area contributed by atoms with Crippen LogP contribution in [0.15, 0.2) is 29.2 Å². The first-order valence-corrected chi connectivity index (χ1v) is 9.53. The molecule has 6 nitrogen and oxygen atoms in total. The van der Waals surface area contributed by atoms with Gasteiger partial charge >= 0.3 is 0 Å². The van der Waals surface area contributed by atoms with E-state index < -0.39 is 22.6 Å². The number of carbonyl (C=O) groups excluding carboxylic acids is 1. The summed E-state index contributed by atoms with van der Waals surface area (Å²) in [4.78, 5) is 11.8. The van der Waals surface area contributed by atoms with Gasteiger partial charge in [-0.15, -0.1) is 0 Å². The summed E-state index contributed by atoms with van der Waals surface area (Å²) in [5.41, 5.74) is 0.189. The lowest BCUT2D eigenvalue weighted by molar-refractivity contribution is 0.0950. The summed E-state index contributed by atoms with van der Waals surface area (Å²) in [5.74, 6) is 0.0166. The van der Waals surface area contributed by atoms with E-state index >= 15 is 0 Å². The fraction of sp³-hybridized carbons (Fsp3) is 0.562. The maximum Gasteiger partial charge on any atom is 0.251 e. The molecule has 2 N–H and O–H groups in total. The van der Waals surface area contributed by atoms with Gasteiger partial charge in [-0.25, -0.2) is 17.5 Å². The first kappa shape index (κ1) is 18.8. The number of rotatable bonds is 9. The van der Waals surface area contributed by atoms with Gasteiger partial charge in [0.2, 0.25) is 10.0 Å². The minimum Gasteiger partial charge on any atom is -0.381 e. The molecule has 2 rings (SSSR count). The van der Waals surface area contributed by atoms with Crippen LogP contribution < -0.4 is 10.0 Å². The molecular formula is C16H23FN2O4S. The molecule has 0 spiro atoms. The normalized spacial score (nSPS) is 17.8. The molecule has 1 aromatic carbocycles. The van der Waals surface area contributed by atoms with E-state index in [1.54, 1.807) is 0 Å². The molecule has 1 saturated heterocycles. The maximum atomic E-state index is 12.3. The van der Waals surface area contributed by atoms with Gasteiger partial charge < -0.3 is 10.1 Å². The van der Waals surface area contributed by atoms with Crippen LogP contribution in [0.5, 0.6) is 0 Å². The standard InChI is InChI=1S/C16H23FN2O4S/c17-7-9-18-16(20)14-4-1-5-15(11-14)24(21,22)19-8-2-3-13-6-10-23-12-13/h1,4-5,11,13,19H,2-3,6-10,12H2,(H,18,20)/t13-/m0/s1. The Morgan fingerprint density at radius 2 is 2.17 bits per heavy atom. The molecule has 0 bridgehead atoms. The lowest BCUT2D eigenvalue weighted by Gasteiger charge is -2.10. The Morgan fingerprint density at radius 1 is 1.33 bits per heavy atom. The highest BCUT2D eigenvalue weighted by molar-refractivity contribution is 7.89. The number of carbonyl (C=O) groups is 1. The van der Waals surface area contributed by atoms with Crippen LogP contribution in [0.4, 0.5) is 4.39 Å². The van der Waals surface area contributed by atoms with Crippen LogP contribution in [0.3, 0.4) is 0 Å².